The summed E-state index contributed by atoms with van der Waals surface area (Å²) in [6.07, 6.45) is 0. The monoisotopic (exact) mass is 264 g/mol. The van der Waals surface area contributed by atoms with Gasteiger partial charge in [0.05, 0.1) is 28.6 Å². The van der Waals surface area contributed by atoms with E-state index < -0.39 is 4.92 Å². The number of H-pyrrole nitrogens is 1. The number of non-ortho nitro benzene ring substituents is 1. The molecule has 0 spiro atoms. The van der Waals surface area contributed by atoms with Gasteiger partial charge in [-0.15, -0.1) is 0 Å². The van der Waals surface area contributed by atoms with E-state index in [1.165, 1.54) is 12.1 Å². The highest BCUT2D eigenvalue weighted by atomic mass is 16.6. The van der Waals surface area contributed by atoms with Crippen LogP contribution in [0.3, 0.4) is 0 Å². The zero-order valence-corrected chi connectivity index (χ0v) is 10.8. The van der Waals surface area contributed by atoms with E-state index in [-0.39, 0.29) is 24.3 Å². The van der Waals surface area contributed by atoms with E-state index in [0.717, 1.165) is 0 Å². The van der Waals surface area contributed by atoms with Crippen LogP contribution in [0.2, 0.25) is 0 Å². The topological polar surface area (TPSA) is 104 Å². The van der Waals surface area contributed by atoms with Crippen molar-refractivity contribution in [3.05, 3.63) is 28.3 Å². The van der Waals surface area contributed by atoms with Gasteiger partial charge in [0.15, 0.2) is 0 Å². The van der Waals surface area contributed by atoms with Gasteiger partial charge in [-0.3, -0.25) is 10.1 Å². The normalized spacial score (nSPS) is 12.8. The number of hydrogen-bond donors (Lipinski definition) is 3. The number of nitro benzene ring substituents is 1. The van der Waals surface area contributed by atoms with Crippen molar-refractivity contribution in [3.63, 3.8) is 0 Å². The van der Waals surface area contributed by atoms with Gasteiger partial charge in [0.2, 0.25) is 5.95 Å². The van der Waals surface area contributed by atoms with Crippen LogP contribution in [0, 0.1) is 16.0 Å². The SMILES string of the molecule is CC(C)C(CO)Nc1nc2ccc([N+](=O)[O-])cc2[nH]1. The van der Waals surface area contributed by atoms with Gasteiger partial charge in [-0.05, 0) is 12.0 Å². The van der Waals surface area contributed by atoms with Crippen molar-refractivity contribution in [3.8, 4) is 0 Å². The molecule has 0 aliphatic heterocycles. The van der Waals surface area contributed by atoms with E-state index in [1.54, 1.807) is 6.07 Å². The molecule has 0 aliphatic carbocycles. The second kappa shape index (κ2) is 5.23. The van der Waals surface area contributed by atoms with Crippen LogP contribution in [0.5, 0.6) is 0 Å². The molecule has 102 valence electrons. The maximum Gasteiger partial charge on any atom is 0.271 e. The first-order valence-electron chi connectivity index (χ1n) is 6.03. The van der Waals surface area contributed by atoms with Gasteiger partial charge in [-0.1, -0.05) is 13.8 Å². The predicted molar refractivity (Wildman–Crippen MR) is 72.1 cm³/mol. The molecule has 19 heavy (non-hydrogen) atoms. The quantitative estimate of drug-likeness (QED) is 0.565. The van der Waals surface area contributed by atoms with E-state index >= 15 is 0 Å². The number of aliphatic hydroxyl groups excluding tert-OH is 1. The molecule has 0 saturated heterocycles. The molecule has 0 fully saturated rings. The van der Waals surface area contributed by atoms with Crippen LogP contribution in [0.1, 0.15) is 13.8 Å². The largest absolute Gasteiger partial charge is 0.394 e. The van der Waals surface area contributed by atoms with Crippen molar-refractivity contribution in [2.75, 3.05) is 11.9 Å². The molecule has 0 aliphatic rings. The predicted octanol–water partition coefficient (Wildman–Crippen LogP) is 1.90. The lowest BCUT2D eigenvalue weighted by Crippen LogP contribution is -2.29. The summed E-state index contributed by atoms with van der Waals surface area (Å²) in [6.45, 7) is 3.97. The molecular weight excluding hydrogens is 248 g/mol. The maximum absolute atomic E-state index is 10.7. The highest BCUT2D eigenvalue weighted by molar-refractivity contribution is 5.79. The first-order chi connectivity index (χ1) is 9.01. The number of nitrogens with one attached hydrogen (secondary N) is 2. The number of anilines is 1. The number of aliphatic hydroxyl groups is 1. The summed E-state index contributed by atoms with van der Waals surface area (Å²) in [5.74, 6) is 0.746. The molecule has 1 aromatic carbocycles. The lowest BCUT2D eigenvalue weighted by molar-refractivity contribution is -0.384. The molecule has 0 bridgehead atoms. The fourth-order valence-electron chi connectivity index (χ4n) is 1.78. The molecule has 0 saturated carbocycles. The molecule has 2 rings (SSSR count). The van der Waals surface area contributed by atoms with Crippen molar-refractivity contribution in [2.45, 2.75) is 19.9 Å². The van der Waals surface area contributed by atoms with Crippen LogP contribution >= 0.6 is 0 Å². The smallest absolute Gasteiger partial charge is 0.271 e. The highest BCUT2D eigenvalue weighted by Crippen LogP contribution is 2.21. The number of imidazole rings is 1. The number of hydrogen-bond acceptors (Lipinski definition) is 5. The summed E-state index contributed by atoms with van der Waals surface area (Å²) < 4.78 is 0. The van der Waals surface area contributed by atoms with E-state index in [0.29, 0.717) is 17.0 Å². The van der Waals surface area contributed by atoms with Gasteiger partial charge in [0.1, 0.15) is 0 Å². The van der Waals surface area contributed by atoms with Gasteiger partial charge >= 0.3 is 0 Å². The Hall–Kier alpha value is -2.15. The summed E-state index contributed by atoms with van der Waals surface area (Å²) in [5, 5.41) is 23.0. The van der Waals surface area contributed by atoms with Gasteiger partial charge in [0.25, 0.3) is 5.69 Å². The molecule has 7 nitrogen and oxygen atoms in total. The summed E-state index contributed by atoms with van der Waals surface area (Å²) >= 11 is 0. The highest BCUT2D eigenvalue weighted by Gasteiger charge is 2.15. The second-order valence-electron chi connectivity index (χ2n) is 4.72. The number of nitro groups is 1. The minimum Gasteiger partial charge on any atom is -0.394 e. The minimum absolute atomic E-state index is 0.00510. The summed E-state index contributed by atoms with van der Waals surface area (Å²) in [7, 11) is 0. The molecule has 0 amide bonds. The van der Waals surface area contributed by atoms with Gasteiger partial charge < -0.3 is 15.4 Å². The summed E-state index contributed by atoms with van der Waals surface area (Å²) in [5.41, 5.74) is 1.26. The number of aromatic amines is 1. The van der Waals surface area contributed by atoms with Crippen LogP contribution in [0.4, 0.5) is 11.6 Å². The first kappa shape index (κ1) is 13.3. The van der Waals surface area contributed by atoms with Crippen molar-refractivity contribution in [1.82, 2.24) is 9.97 Å². The van der Waals surface area contributed by atoms with Gasteiger partial charge in [-0.2, -0.15) is 0 Å². The zero-order valence-electron chi connectivity index (χ0n) is 10.8. The lowest BCUT2D eigenvalue weighted by atomic mass is 10.1. The Bertz CT molecular complexity index is 594. The fraction of sp³-hybridized carbons (Fsp3) is 0.417. The van der Waals surface area contributed by atoms with Crippen LogP contribution < -0.4 is 5.32 Å². The third-order valence-electron chi connectivity index (χ3n) is 3.00. The third-order valence-corrected chi connectivity index (χ3v) is 3.00. The molecule has 1 atom stereocenters. The molecule has 1 aromatic heterocycles. The Balaban J connectivity index is 2.28. The molecule has 3 N–H and O–H groups in total. The van der Waals surface area contributed by atoms with E-state index in [2.05, 4.69) is 15.3 Å². The number of fused-ring (bicyclic) bond motifs is 1. The van der Waals surface area contributed by atoms with Crippen molar-refractivity contribution >= 4 is 22.7 Å². The Kier molecular flexibility index (Phi) is 3.66. The molecule has 0 radical (unpaired) electrons. The van der Waals surface area contributed by atoms with Crippen molar-refractivity contribution in [1.29, 1.82) is 0 Å². The van der Waals surface area contributed by atoms with Crippen LogP contribution in [0.25, 0.3) is 11.0 Å². The number of benzene rings is 1. The average molecular weight is 264 g/mol. The molecule has 7 heteroatoms. The summed E-state index contributed by atoms with van der Waals surface area (Å²) in [4.78, 5) is 17.5. The molecular formula is C12H16N4O3. The van der Waals surface area contributed by atoms with E-state index in [9.17, 15) is 15.2 Å². The Morgan fingerprint density at radius 2 is 2.26 bits per heavy atom. The number of rotatable bonds is 5. The Morgan fingerprint density at radius 3 is 2.84 bits per heavy atom. The molecule has 1 unspecified atom stereocenters. The zero-order chi connectivity index (χ0) is 14.0. The van der Waals surface area contributed by atoms with Crippen molar-refractivity contribution < 1.29 is 10.0 Å². The second-order valence-corrected chi connectivity index (χ2v) is 4.72. The Morgan fingerprint density at radius 1 is 1.53 bits per heavy atom. The Labute approximate surface area is 109 Å². The van der Waals surface area contributed by atoms with E-state index in [4.69, 9.17) is 0 Å². The van der Waals surface area contributed by atoms with Crippen LogP contribution in [0.15, 0.2) is 18.2 Å². The third kappa shape index (κ3) is 2.82. The fourth-order valence-corrected chi connectivity index (χ4v) is 1.78. The molecule has 1 heterocycles. The lowest BCUT2D eigenvalue weighted by Gasteiger charge is -2.18. The van der Waals surface area contributed by atoms with Crippen LogP contribution in [-0.2, 0) is 0 Å². The van der Waals surface area contributed by atoms with E-state index in [1.807, 2.05) is 13.8 Å². The minimum atomic E-state index is -0.446. The summed E-state index contributed by atoms with van der Waals surface area (Å²) in [6, 6.07) is 4.34. The van der Waals surface area contributed by atoms with Gasteiger partial charge in [0, 0.05) is 12.1 Å². The average Bonchev–Trinajstić information content (AvgIpc) is 2.76. The van der Waals surface area contributed by atoms with Crippen molar-refractivity contribution in [2.24, 2.45) is 5.92 Å². The number of nitrogens with zero attached hydrogens (tertiary/aromatic N) is 2. The maximum atomic E-state index is 10.7. The molecule has 2 aromatic rings. The standard InChI is InChI=1S/C12H16N4O3/c1-7(2)11(6-17)15-12-13-9-4-3-8(16(18)19)5-10(9)14-12/h3-5,7,11,17H,6H2,1-2H3,(H2,13,14,15). The van der Waals surface area contributed by atoms with Crippen LogP contribution in [-0.4, -0.2) is 32.6 Å². The first-order valence-corrected chi connectivity index (χ1v) is 6.03. The van der Waals surface area contributed by atoms with Gasteiger partial charge in [-0.25, -0.2) is 4.98 Å². The number of aromatic nitrogens is 2.